The van der Waals surface area contributed by atoms with Crippen molar-refractivity contribution in [1.29, 1.82) is 0 Å². The van der Waals surface area contributed by atoms with E-state index in [-0.39, 0.29) is 0 Å². The quantitative estimate of drug-likeness (QED) is 0.376. The van der Waals surface area contributed by atoms with Crippen LogP contribution in [0.15, 0.2) is 30.3 Å². The fraction of sp³-hybridized carbons (Fsp3) is 0.286. The van der Waals surface area contributed by atoms with E-state index in [1.807, 2.05) is 55.8 Å². The molecule has 0 aliphatic rings. The molecule has 0 atom stereocenters. The Morgan fingerprint density at radius 3 is 2.70 bits per heavy atom. The number of hydrogen-bond donors (Lipinski definition) is 2. The van der Waals surface area contributed by atoms with Gasteiger partial charge in [-0.3, -0.25) is 4.68 Å². The smallest absolute Gasteiger partial charge is 0.340 e. The first-order chi connectivity index (χ1) is 14.3. The minimum Gasteiger partial charge on any atom is -0.465 e. The molecule has 2 heterocycles. The largest absolute Gasteiger partial charge is 0.465 e. The zero-order valence-corrected chi connectivity index (χ0v) is 19.6. The third-order valence-electron chi connectivity index (χ3n) is 4.66. The molecule has 0 fully saturated rings. The number of methoxy groups -OCH3 is 1. The lowest BCUT2D eigenvalue weighted by Crippen LogP contribution is -2.20. The van der Waals surface area contributed by atoms with E-state index >= 15 is 0 Å². The van der Waals surface area contributed by atoms with E-state index in [0.29, 0.717) is 27.2 Å². The van der Waals surface area contributed by atoms with Gasteiger partial charge in [0, 0.05) is 9.90 Å². The first kappa shape index (κ1) is 22.3. The molecule has 9 heteroatoms. The highest BCUT2D eigenvalue weighted by Gasteiger charge is 2.19. The summed E-state index contributed by atoms with van der Waals surface area (Å²) in [5.41, 5.74) is 4.05. The van der Waals surface area contributed by atoms with Gasteiger partial charge in [-0.1, -0.05) is 36.7 Å². The number of nitrogens with one attached hydrogen (secondary N) is 2. The lowest BCUT2D eigenvalue weighted by molar-refractivity contribution is 0.0602. The molecular weight excluding hydrogens is 440 g/mol. The summed E-state index contributed by atoms with van der Waals surface area (Å²) < 4.78 is 6.77. The van der Waals surface area contributed by atoms with Gasteiger partial charge < -0.3 is 15.4 Å². The maximum atomic E-state index is 12.1. The summed E-state index contributed by atoms with van der Waals surface area (Å²) in [5.74, 6) is -0.392. The topological polar surface area (TPSA) is 68.2 Å². The molecule has 0 bridgehead atoms. The highest BCUT2D eigenvalue weighted by Crippen LogP contribution is 2.30. The predicted octanol–water partition coefficient (Wildman–Crippen LogP) is 5.42. The van der Waals surface area contributed by atoms with E-state index in [2.05, 4.69) is 15.7 Å². The predicted molar refractivity (Wildman–Crippen MR) is 127 cm³/mol. The van der Waals surface area contributed by atoms with Gasteiger partial charge in [0.2, 0.25) is 0 Å². The van der Waals surface area contributed by atoms with Crippen molar-refractivity contribution in [1.82, 2.24) is 9.78 Å². The van der Waals surface area contributed by atoms with Crippen molar-refractivity contribution in [2.24, 2.45) is 0 Å². The number of rotatable bonds is 6. The Morgan fingerprint density at radius 2 is 2.03 bits per heavy atom. The second-order valence-electron chi connectivity index (χ2n) is 6.67. The van der Waals surface area contributed by atoms with Gasteiger partial charge in [-0.15, -0.1) is 11.3 Å². The summed E-state index contributed by atoms with van der Waals surface area (Å²) in [7, 11) is 1.37. The molecule has 0 unspecified atom stereocenters. The van der Waals surface area contributed by atoms with Gasteiger partial charge in [0.25, 0.3) is 0 Å². The normalized spacial score (nSPS) is 10.7. The highest BCUT2D eigenvalue weighted by atomic mass is 35.5. The summed E-state index contributed by atoms with van der Waals surface area (Å²) in [6.07, 6.45) is 0.823. The second kappa shape index (κ2) is 9.59. The SMILES string of the molecule is CCc1cc(C(=O)OC)c(NC(=S)Nc2c(C)nn(Cc3ccccc3Cl)c2C)s1. The molecule has 0 spiro atoms. The molecule has 30 heavy (non-hydrogen) atoms. The average Bonchev–Trinajstić information content (AvgIpc) is 3.25. The van der Waals surface area contributed by atoms with Crippen LogP contribution in [0.25, 0.3) is 0 Å². The van der Waals surface area contributed by atoms with Gasteiger partial charge in [0.05, 0.1) is 36.3 Å². The number of esters is 1. The van der Waals surface area contributed by atoms with Crippen LogP contribution < -0.4 is 10.6 Å². The van der Waals surface area contributed by atoms with Crippen molar-refractivity contribution < 1.29 is 9.53 Å². The molecular formula is C21H23ClN4O2S2. The van der Waals surface area contributed by atoms with Crippen LogP contribution in [-0.2, 0) is 17.7 Å². The van der Waals surface area contributed by atoms with Crippen LogP contribution in [0.4, 0.5) is 10.7 Å². The van der Waals surface area contributed by atoms with Crippen LogP contribution in [0.3, 0.4) is 0 Å². The molecule has 0 aliphatic heterocycles. The summed E-state index contributed by atoms with van der Waals surface area (Å²) in [5, 5.41) is 12.7. The Balaban J connectivity index is 1.78. The second-order valence-corrected chi connectivity index (χ2v) is 8.63. The van der Waals surface area contributed by atoms with Gasteiger partial charge in [-0.25, -0.2) is 4.79 Å². The lowest BCUT2D eigenvalue weighted by atomic mass is 10.2. The zero-order valence-electron chi connectivity index (χ0n) is 17.2. The number of aromatic nitrogens is 2. The number of benzene rings is 1. The monoisotopic (exact) mass is 462 g/mol. The summed E-state index contributed by atoms with van der Waals surface area (Å²) in [6.45, 7) is 6.49. The lowest BCUT2D eigenvalue weighted by Gasteiger charge is -2.11. The summed E-state index contributed by atoms with van der Waals surface area (Å²) in [4.78, 5) is 13.1. The van der Waals surface area contributed by atoms with Crippen molar-refractivity contribution in [3.63, 3.8) is 0 Å². The number of thiophene rings is 1. The van der Waals surface area contributed by atoms with Crippen LogP contribution in [0, 0.1) is 13.8 Å². The molecule has 1 aromatic carbocycles. The highest BCUT2D eigenvalue weighted by molar-refractivity contribution is 7.80. The molecule has 0 radical (unpaired) electrons. The van der Waals surface area contributed by atoms with Crippen LogP contribution in [0.5, 0.6) is 0 Å². The first-order valence-corrected chi connectivity index (χ1v) is 11.0. The van der Waals surface area contributed by atoms with Crippen LogP contribution in [0.1, 0.15) is 39.1 Å². The zero-order chi connectivity index (χ0) is 21.8. The Bertz CT molecular complexity index is 1090. The minimum absolute atomic E-state index is 0.383. The molecule has 2 aromatic heterocycles. The third-order valence-corrected chi connectivity index (χ3v) is 6.43. The van der Waals surface area contributed by atoms with Crippen molar-refractivity contribution in [2.75, 3.05) is 17.7 Å². The van der Waals surface area contributed by atoms with Gasteiger partial charge in [-0.05, 0) is 50.2 Å². The number of aryl methyl sites for hydroxylation is 2. The van der Waals surface area contributed by atoms with Crippen LogP contribution >= 0.6 is 35.2 Å². The van der Waals surface area contributed by atoms with E-state index in [1.165, 1.54) is 18.4 Å². The molecule has 0 amide bonds. The maximum absolute atomic E-state index is 12.1. The summed E-state index contributed by atoms with van der Waals surface area (Å²) in [6, 6.07) is 9.54. The first-order valence-electron chi connectivity index (χ1n) is 9.40. The van der Waals surface area contributed by atoms with E-state index < -0.39 is 5.97 Å². The molecule has 3 aromatic rings. The van der Waals surface area contributed by atoms with Gasteiger partial charge in [0.15, 0.2) is 5.11 Å². The van der Waals surface area contributed by atoms with Gasteiger partial charge in [-0.2, -0.15) is 5.10 Å². The van der Waals surface area contributed by atoms with E-state index in [0.717, 1.165) is 33.9 Å². The van der Waals surface area contributed by atoms with E-state index in [1.54, 1.807) is 0 Å². The van der Waals surface area contributed by atoms with Crippen LogP contribution in [-0.4, -0.2) is 28.0 Å². The fourth-order valence-corrected chi connectivity index (χ4v) is 4.49. The number of hydrogen-bond acceptors (Lipinski definition) is 5. The molecule has 2 N–H and O–H groups in total. The molecule has 0 saturated carbocycles. The van der Waals surface area contributed by atoms with Crippen molar-refractivity contribution in [2.45, 2.75) is 33.7 Å². The van der Waals surface area contributed by atoms with Crippen molar-refractivity contribution >= 4 is 56.9 Å². The third kappa shape index (κ3) is 4.83. The molecule has 0 aliphatic carbocycles. The molecule has 158 valence electrons. The molecule has 3 rings (SSSR count). The Kier molecular flexibility index (Phi) is 7.12. The Morgan fingerprint density at radius 1 is 1.30 bits per heavy atom. The number of thiocarbonyl (C=S) groups is 1. The number of nitrogens with zero attached hydrogens (tertiary/aromatic N) is 2. The molecule has 0 saturated heterocycles. The minimum atomic E-state index is -0.392. The molecule has 6 nitrogen and oxygen atoms in total. The van der Waals surface area contributed by atoms with E-state index in [4.69, 9.17) is 28.6 Å². The average molecular weight is 463 g/mol. The number of halogens is 1. The number of carbonyl (C=O) groups excluding carboxylic acids is 1. The van der Waals surface area contributed by atoms with Crippen molar-refractivity contribution in [3.8, 4) is 0 Å². The van der Waals surface area contributed by atoms with Gasteiger partial charge >= 0.3 is 5.97 Å². The summed E-state index contributed by atoms with van der Waals surface area (Å²) >= 11 is 13.3. The number of carbonyl (C=O) groups is 1. The van der Waals surface area contributed by atoms with Crippen LogP contribution in [0.2, 0.25) is 5.02 Å². The number of ether oxygens (including phenoxy) is 1. The fourth-order valence-electron chi connectivity index (χ4n) is 3.04. The van der Waals surface area contributed by atoms with Gasteiger partial charge in [0.1, 0.15) is 5.00 Å². The standard InChI is InChI=1S/C21H23ClN4O2S2/c1-5-15-10-16(20(27)28-4)19(30-15)24-21(29)23-18-12(2)25-26(13(18)3)11-14-8-6-7-9-17(14)22/h6-10H,5,11H2,1-4H3,(H2,23,24,29). The number of anilines is 2. The van der Waals surface area contributed by atoms with E-state index in [9.17, 15) is 4.79 Å². The maximum Gasteiger partial charge on any atom is 0.340 e. The van der Waals surface area contributed by atoms with Crippen molar-refractivity contribution in [3.05, 3.63) is 62.7 Å². The Labute approximate surface area is 190 Å². The Hall–Kier alpha value is -2.42.